The Morgan fingerprint density at radius 3 is 2.49 bits per heavy atom. The van der Waals surface area contributed by atoms with Crippen LogP contribution >= 0.6 is 23.2 Å². The van der Waals surface area contributed by atoms with Gasteiger partial charge in [-0.25, -0.2) is 4.39 Å². The second-order valence-electron chi connectivity index (χ2n) is 10.2. The fraction of sp³-hybridized carbons (Fsp3) is 0.310. The third-order valence-electron chi connectivity index (χ3n) is 8.35. The van der Waals surface area contributed by atoms with E-state index >= 15 is 4.39 Å². The van der Waals surface area contributed by atoms with E-state index < -0.39 is 28.7 Å². The molecular weight excluding hydrogens is 512 g/mol. The predicted molar refractivity (Wildman–Crippen MR) is 144 cm³/mol. The summed E-state index contributed by atoms with van der Waals surface area (Å²) >= 11 is 12.6. The van der Waals surface area contributed by atoms with Gasteiger partial charge in [0, 0.05) is 27.9 Å². The van der Waals surface area contributed by atoms with Gasteiger partial charge < -0.3 is 10.6 Å². The largest absolute Gasteiger partial charge is 0.325 e. The van der Waals surface area contributed by atoms with E-state index in [2.05, 4.69) is 16.0 Å². The molecule has 6 rings (SSSR count). The first-order valence-electron chi connectivity index (χ1n) is 12.6. The van der Waals surface area contributed by atoms with Crippen molar-refractivity contribution in [1.29, 1.82) is 0 Å². The van der Waals surface area contributed by atoms with Gasteiger partial charge in [-0.2, -0.15) is 0 Å². The van der Waals surface area contributed by atoms with Crippen LogP contribution in [0.25, 0.3) is 0 Å². The van der Waals surface area contributed by atoms with Gasteiger partial charge >= 0.3 is 0 Å². The molecule has 1 unspecified atom stereocenters. The Hall–Kier alpha value is -2.93. The fourth-order valence-electron chi connectivity index (χ4n) is 6.96. The number of nitrogens with one attached hydrogen (secondary N) is 3. The highest BCUT2D eigenvalue weighted by molar-refractivity contribution is 6.31. The molecule has 37 heavy (non-hydrogen) atoms. The SMILES string of the molecule is O=C(Nc1ccccc1)[C@@H]1NC2(CCCCC2)[C@@]2(C(=O)Nc3cc(Cl)ccc32)C1c1cccc(Cl)c1F. The minimum absolute atomic E-state index is 0.0470. The van der Waals surface area contributed by atoms with Crippen LogP contribution in [0.3, 0.4) is 0 Å². The molecule has 3 atom stereocenters. The first-order chi connectivity index (χ1) is 17.9. The zero-order valence-electron chi connectivity index (χ0n) is 20.0. The van der Waals surface area contributed by atoms with Crippen LogP contribution < -0.4 is 16.0 Å². The summed E-state index contributed by atoms with van der Waals surface area (Å²) < 4.78 is 15.8. The van der Waals surface area contributed by atoms with Crippen LogP contribution in [0.4, 0.5) is 15.8 Å². The maximum atomic E-state index is 15.8. The smallest absolute Gasteiger partial charge is 0.242 e. The Morgan fingerprint density at radius 2 is 1.73 bits per heavy atom. The highest BCUT2D eigenvalue weighted by Gasteiger charge is 2.72. The molecule has 1 saturated carbocycles. The number of hydrogen-bond acceptors (Lipinski definition) is 3. The van der Waals surface area contributed by atoms with Gasteiger partial charge in [0.15, 0.2) is 0 Å². The molecule has 1 saturated heterocycles. The molecule has 2 spiro atoms. The van der Waals surface area contributed by atoms with Crippen molar-refractivity contribution >= 4 is 46.4 Å². The topological polar surface area (TPSA) is 70.2 Å². The highest BCUT2D eigenvalue weighted by Crippen LogP contribution is 2.62. The van der Waals surface area contributed by atoms with Crippen LogP contribution in [0.5, 0.6) is 0 Å². The molecule has 3 aliphatic rings. The lowest BCUT2D eigenvalue weighted by Crippen LogP contribution is -2.60. The standard InChI is InChI=1S/C29H26Cl2FN3O2/c30-17-12-13-20-22(16-17)34-27(37)29(20)23(19-10-7-11-21(31)24(19)32)25(35-28(29)14-5-2-6-15-28)26(36)33-18-8-3-1-4-9-18/h1,3-4,7-13,16,23,25,35H,2,5-6,14-15H2,(H,33,36)(H,34,37)/t23?,25-,29-/m1/s1. The third-order valence-corrected chi connectivity index (χ3v) is 8.87. The van der Waals surface area contributed by atoms with Gasteiger partial charge in [-0.1, -0.05) is 78.9 Å². The van der Waals surface area contributed by atoms with Gasteiger partial charge in [-0.3, -0.25) is 14.9 Å². The number of carbonyl (C=O) groups excluding carboxylic acids is 2. The molecule has 0 bridgehead atoms. The lowest BCUT2D eigenvalue weighted by Gasteiger charge is -2.47. The number of para-hydroxylation sites is 1. The summed E-state index contributed by atoms with van der Waals surface area (Å²) in [6, 6.07) is 18.4. The van der Waals surface area contributed by atoms with Gasteiger partial charge in [0.05, 0.1) is 11.1 Å². The second kappa shape index (κ2) is 9.12. The number of benzene rings is 3. The van der Waals surface area contributed by atoms with Gasteiger partial charge in [-0.15, -0.1) is 0 Å². The molecule has 2 amide bonds. The average molecular weight is 538 g/mol. The van der Waals surface area contributed by atoms with E-state index in [0.29, 0.717) is 29.2 Å². The molecular formula is C29H26Cl2FN3O2. The van der Waals surface area contributed by atoms with E-state index in [1.54, 1.807) is 36.4 Å². The summed E-state index contributed by atoms with van der Waals surface area (Å²) in [5.74, 6) is -2.04. The second-order valence-corrected chi connectivity index (χ2v) is 11.0. The van der Waals surface area contributed by atoms with Crippen molar-refractivity contribution in [2.75, 3.05) is 10.6 Å². The number of anilines is 2. The molecule has 1 aliphatic carbocycles. The Balaban J connectivity index is 1.60. The van der Waals surface area contributed by atoms with Crippen molar-refractivity contribution in [3.63, 3.8) is 0 Å². The maximum absolute atomic E-state index is 15.8. The first-order valence-corrected chi connectivity index (χ1v) is 13.3. The van der Waals surface area contributed by atoms with E-state index in [4.69, 9.17) is 23.2 Å². The van der Waals surface area contributed by atoms with E-state index in [0.717, 1.165) is 24.8 Å². The van der Waals surface area contributed by atoms with E-state index in [1.165, 1.54) is 6.07 Å². The van der Waals surface area contributed by atoms with Crippen LogP contribution in [-0.2, 0) is 15.0 Å². The number of amides is 2. The highest BCUT2D eigenvalue weighted by atomic mass is 35.5. The van der Waals surface area contributed by atoms with Gasteiger partial charge in [-0.05, 0) is 54.3 Å². The van der Waals surface area contributed by atoms with Crippen molar-refractivity contribution in [3.8, 4) is 0 Å². The molecule has 8 heteroatoms. The van der Waals surface area contributed by atoms with Crippen LogP contribution in [0.2, 0.25) is 10.0 Å². The summed E-state index contributed by atoms with van der Waals surface area (Å²) in [4.78, 5) is 28.2. The van der Waals surface area contributed by atoms with E-state index in [-0.39, 0.29) is 22.4 Å². The number of fused-ring (bicyclic) bond motifs is 3. The molecule has 0 radical (unpaired) electrons. The molecule has 3 N–H and O–H groups in total. The van der Waals surface area contributed by atoms with E-state index in [1.807, 2.05) is 24.3 Å². The summed E-state index contributed by atoms with van der Waals surface area (Å²) in [5, 5.41) is 10.1. The van der Waals surface area contributed by atoms with Crippen molar-refractivity contribution in [3.05, 3.63) is 93.7 Å². The van der Waals surface area contributed by atoms with Crippen molar-refractivity contribution in [2.24, 2.45) is 0 Å². The molecule has 5 nitrogen and oxygen atoms in total. The van der Waals surface area contributed by atoms with Gasteiger partial charge in [0.2, 0.25) is 11.8 Å². The Labute approximate surface area is 224 Å². The summed E-state index contributed by atoms with van der Waals surface area (Å²) in [6.45, 7) is 0. The fourth-order valence-corrected chi connectivity index (χ4v) is 7.31. The Bertz CT molecular complexity index is 1390. The molecule has 2 heterocycles. The first kappa shape index (κ1) is 24.4. The van der Waals surface area contributed by atoms with E-state index in [9.17, 15) is 9.59 Å². The van der Waals surface area contributed by atoms with Crippen LogP contribution in [0, 0.1) is 5.82 Å². The molecule has 190 valence electrons. The third kappa shape index (κ3) is 3.61. The minimum atomic E-state index is -1.24. The maximum Gasteiger partial charge on any atom is 0.242 e. The van der Waals surface area contributed by atoms with Crippen LogP contribution in [-0.4, -0.2) is 23.4 Å². The Kier molecular flexibility index (Phi) is 6.02. The normalized spacial score (nSPS) is 25.8. The number of carbonyl (C=O) groups is 2. The molecule has 2 fully saturated rings. The molecule has 2 aliphatic heterocycles. The van der Waals surface area contributed by atoms with Crippen LogP contribution in [0.1, 0.15) is 49.1 Å². The van der Waals surface area contributed by atoms with Crippen LogP contribution in [0.15, 0.2) is 66.7 Å². The zero-order chi connectivity index (χ0) is 25.8. The lowest BCUT2D eigenvalue weighted by atomic mass is 9.55. The number of halogens is 3. The van der Waals surface area contributed by atoms with Crippen molar-refractivity contribution in [1.82, 2.24) is 5.32 Å². The zero-order valence-corrected chi connectivity index (χ0v) is 21.5. The molecule has 0 aromatic heterocycles. The molecule has 3 aromatic carbocycles. The quantitative estimate of drug-likeness (QED) is 0.361. The van der Waals surface area contributed by atoms with Crippen molar-refractivity contribution < 1.29 is 14.0 Å². The monoisotopic (exact) mass is 537 g/mol. The number of hydrogen-bond donors (Lipinski definition) is 3. The summed E-state index contributed by atoms with van der Waals surface area (Å²) in [7, 11) is 0. The molecule has 3 aromatic rings. The predicted octanol–water partition coefficient (Wildman–Crippen LogP) is 6.42. The minimum Gasteiger partial charge on any atom is -0.325 e. The summed E-state index contributed by atoms with van der Waals surface area (Å²) in [6.07, 6.45) is 4.17. The van der Waals surface area contributed by atoms with Gasteiger partial charge in [0.1, 0.15) is 11.2 Å². The Morgan fingerprint density at radius 1 is 0.973 bits per heavy atom. The van der Waals surface area contributed by atoms with Crippen molar-refractivity contribution in [2.45, 2.75) is 55.0 Å². The van der Waals surface area contributed by atoms with Gasteiger partial charge in [0.25, 0.3) is 0 Å². The lowest BCUT2D eigenvalue weighted by molar-refractivity contribution is -0.124. The number of rotatable bonds is 3. The average Bonchev–Trinajstić information content (AvgIpc) is 3.34. The summed E-state index contributed by atoms with van der Waals surface area (Å²) in [5.41, 5.74) is 0.204.